The predicted molar refractivity (Wildman–Crippen MR) is 75.6 cm³/mol. The van der Waals surface area contributed by atoms with Gasteiger partial charge in [-0.1, -0.05) is 29.8 Å². The molecule has 0 aliphatic heterocycles. The van der Waals surface area contributed by atoms with Crippen LogP contribution in [0.2, 0.25) is 5.02 Å². The average molecular weight is 307 g/mol. The van der Waals surface area contributed by atoms with Crippen molar-refractivity contribution in [2.75, 3.05) is 0 Å². The second-order valence-electron chi connectivity index (χ2n) is 4.60. The number of carbonyl (C=O) groups excluding carboxylic acids is 1. The normalized spacial score (nSPS) is 11.0. The minimum absolute atomic E-state index is 0.0411. The summed E-state index contributed by atoms with van der Waals surface area (Å²) in [6.07, 6.45) is -0.0411. The minimum atomic E-state index is -0.522. The van der Waals surface area contributed by atoms with Crippen molar-refractivity contribution < 1.29 is 18.0 Å². The molecule has 0 bridgehead atoms. The zero-order valence-corrected chi connectivity index (χ0v) is 11.5. The van der Waals surface area contributed by atoms with E-state index >= 15 is 0 Å². The van der Waals surface area contributed by atoms with Gasteiger partial charge in [-0.3, -0.25) is 4.79 Å². The van der Waals surface area contributed by atoms with Crippen LogP contribution in [0.5, 0.6) is 0 Å². The van der Waals surface area contributed by atoms with Gasteiger partial charge in [-0.15, -0.1) is 0 Å². The predicted octanol–water partition coefficient (Wildman–Crippen LogP) is 4.79. The fourth-order valence-electron chi connectivity index (χ4n) is 2.09. The molecule has 0 radical (unpaired) electrons. The van der Waals surface area contributed by atoms with Gasteiger partial charge in [0.1, 0.15) is 5.82 Å². The van der Waals surface area contributed by atoms with E-state index in [4.69, 9.17) is 16.0 Å². The molecule has 0 amide bonds. The maximum atomic E-state index is 13.5. The first kappa shape index (κ1) is 13.8. The van der Waals surface area contributed by atoms with Crippen molar-refractivity contribution in [2.24, 2.45) is 0 Å². The second kappa shape index (κ2) is 5.30. The number of furan rings is 1. The van der Waals surface area contributed by atoms with Crippen LogP contribution in [-0.2, 0) is 6.42 Å². The number of benzene rings is 2. The standard InChI is InChI=1S/C16H9ClF2O2/c17-12-8-11(18)5-4-9(12)6-14(20)15-7-10-2-1-3-13(19)16(10)21-15/h1-5,7-8H,6H2. The molecule has 1 aromatic heterocycles. The van der Waals surface area contributed by atoms with E-state index < -0.39 is 11.6 Å². The zero-order chi connectivity index (χ0) is 15.0. The van der Waals surface area contributed by atoms with E-state index in [-0.39, 0.29) is 28.6 Å². The van der Waals surface area contributed by atoms with Crippen molar-refractivity contribution in [3.05, 3.63) is 70.4 Å². The number of halogens is 3. The maximum absolute atomic E-state index is 13.5. The van der Waals surface area contributed by atoms with Gasteiger partial charge in [0.05, 0.1) is 0 Å². The van der Waals surface area contributed by atoms with E-state index in [1.807, 2.05) is 0 Å². The van der Waals surface area contributed by atoms with Crippen molar-refractivity contribution in [2.45, 2.75) is 6.42 Å². The van der Waals surface area contributed by atoms with Crippen LogP contribution in [0.15, 0.2) is 46.9 Å². The van der Waals surface area contributed by atoms with Crippen molar-refractivity contribution in [3.8, 4) is 0 Å². The van der Waals surface area contributed by atoms with Gasteiger partial charge in [-0.2, -0.15) is 0 Å². The first-order chi connectivity index (χ1) is 10.0. The van der Waals surface area contributed by atoms with Crippen molar-refractivity contribution in [1.29, 1.82) is 0 Å². The lowest BCUT2D eigenvalue weighted by Crippen LogP contribution is -2.02. The molecule has 0 saturated heterocycles. The topological polar surface area (TPSA) is 30.2 Å². The Balaban J connectivity index is 1.92. The average Bonchev–Trinajstić information content (AvgIpc) is 2.87. The summed E-state index contributed by atoms with van der Waals surface area (Å²) in [5.74, 6) is -1.29. The Morgan fingerprint density at radius 2 is 1.95 bits per heavy atom. The first-order valence-corrected chi connectivity index (χ1v) is 6.57. The van der Waals surface area contributed by atoms with Gasteiger partial charge in [-0.25, -0.2) is 8.78 Å². The Morgan fingerprint density at radius 3 is 2.67 bits per heavy atom. The zero-order valence-electron chi connectivity index (χ0n) is 10.7. The van der Waals surface area contributed by atoms with Crippen LogP contribution in [0.1, 0.15) is 16.1 Å². The molecule has 106 valence electrons. The molecule has 0 saturated carbocycles. The Morgan fingerprint density at radius 1 is 1.14 bits per heavy atom. The lowest BCUT2D eigenvalue weighted by Gasteiger charge is -2.02. The Kier molecular flexibility index (Phi) is 3.47. The summed E-state index contributed by atoms with van der Waals surface area (Å²) < 4.78 is 31.7. The summed E-state index contributed by atoms with van der Waals surface area (Å²) in [4.78, 5) is 12.2. The van der Waals surface area contributed by atoms with Crippen LogP contribution in [0.25, 0.3) is 11.0 Å². The first-order valence-electron chi connectivity index (χ1n) is 6.20. The van der Waals surface area contributed by atoms with E-state index in [0.717, 1.165) is 6.07 Å². The lowest BCUT2D eigenvalue weighted by atomic mass is 10.1. The van der Waals surface area contributed by atoms with E-state index in [1.54, 1.807) is 6.07 Å². The molecule has 21 heavy (non-hydrogen) atoms. The molecule has 2 aromatic carbocycles. The lowest BCUT2D eigenvalue weighted by molar-refractivity contribution is 0.0968. The monoisotopic (exact) mass is 306 g/mol. The van der Waals surface area contributed by atoms with Crippen LogP contribution in [0, 0.1) is 11.6 Å². The number of carbonyl (C=O) groups is 1. The van der Waals surface area contributed by atoms with E-state index in [0.29, 0.717) is 10.9 Å². The third kappa shape index (κ3) is 2.67. The van der Waals surface area contributed by atoms with Gasteiger partial charge in [0.15, 0.2) is 17.2 Å². The highest BCUT2D eigenvalue weighted by Crippen LogP contribution is 2.24. The molecule has 3 aromatic rings. The molecule has 0 N–H and O–H groups in total. The Bertz CT molecular complexity index is 839. The molecule has 0 fully saturated rings. The Hall–Kier alpha value is -2.20. The maximum Gasteiger partial charge on any atom is 0.202 e. The molecule has 0 unspecified atom stereocenters. The van der Waals surface area contributed by atoms with E-state index in [1.165, 1.54) is 30.3 Å². The summed E-state index contributed by atoms with van der Waals surface area (Å²) in [5.41, 5.74) is 0.537. The van der Waals surface area contributed by atoms with Gasteiger partial charge in [0.2, 0.25) is 5.78 Å². The van der Waals surface area contributed by atoms with Crippen molar-refractivity contribution in [1.82, 2.24) is 0 Å². The minimum Gasteiger partial charge on any atom is -0.450 e. The third-order valence-corrected chi connectivity index (χ3v) is 3.49. The van der Waals surface area contributed by atoms with E-state index in [9.17, 15) is 13.6 Å². The highest BCUT2D eigenvalue weighted by Gasteiger charge is 2.16. The molecular formula is C16H9ClF2O2. The number of rotatable bonds is 3. The third-order valence-electron chi connectivity index (χ3n) is 3.14. The van der Waals surface area contributed by atoms with Gasteiger partial charge >= 0.3 is 0 Å². The van der Waals surface area contributed by atoms with E-state index in [2.05, 4.69) is 0 Å². The molecule has 3 rings (SSSR count). The number of para-hydroxylation sites is 1. The second-order valence-corrected chi connectivity index (χ2v) is 5.01. The molecule has 2 nitrogen and oxygen atoms in total. The van der Waals surface area contributed by atoms with Gasteiger partial charge < -0.3 is 4.42 Å². The summed E-state index contributed by atoms with van der Waals surface area (Å²) >= 11 is 5.88. The van der Waals surface area contributed by atoms with Crippen LogP contribution >= 0.6 is 11.6 Å². The number of hydrogen-bond donors (Lipinski definition) is 0. The Labute approximate surface area is 123 Å². The number of hydrogen-bond acceptors (Lipinski definition) is 2. The molecule has 0 aliphatic rings. The summed E-state index contributed by atoms with van der Waals surface area (Å²) in [7, 11) is 0. The largest absolute Gasteiger partial charge is 0.450 e. The smallest absolute Gasteiger partial charge is 0.202 e. The summed E-state index contributed by atoms with van der Waals surface area (Å²) in [6, 6.07) is 9.75. The quantitative estimate of drug-likeness (QED) is 0.651. The molecule has 0 atom stereocenters. The van der Waals surface area contributed by atoms with Crippen LogP contribution < -0.4 is 0 Å². The fourth-order valence-corrected chi connectivity index (χ4v) is 2.32. The van der Waals surface area contributed by atoms with Gasteiger partial charge in [-0.05, 0) is 29.8 Å². The van der Waals surface area contributed by atoms with Crippen LogP contribution in [0.3, 0.4) is 0 Å². The molecular weight excluding hydrogens is 298 g/mol. The number of fused-ring (bicyclic) bond motifs is 1. The van der Waals surface area contributed by atoms with Crippen LogP contribution in [-0.4, -0.2) is 5.78 Å². The highest BCUT2D eigenvalue weighted by molar-refractivity contribution is 6.31. The van der Waals surface area contributed by atoms with Gasteiger partial charge in [0.25, 0.3) is 0 Å². The highest BCUT2D eigenvalue weighted by atomic mass is 35.5. The molecule has 1 heterocycles. The summed E-state index contributed by atoms with van der Waals surface area (Å²) in [6.45, 7) is 0. The van der Waals surface area contributed by atoms with Crippen molar-refractivity contribution >= 4 is 28.4 Å². The fraction of sp³-hybridized carbons (Fsp3) is 0.0625. The number of Topliss-reactive ketones (excluding diaryl/α,β-unsaturated/α-hetero) is 1. The van der Waals surface area contributed by atoms with Gasteiger partial charge in [0, 0.05) is 16.8 Å². The summed E-state index contributed by atoms with van der Waals surface area (Å²) in [5, 5.41) is 0.689. The molecule has 0 spiro atoms. The number of ketones is 1. The molecule has 5 heteroatoms. The van der Waals surface area contributed by atoms with Crippen LogP contribution in [0.4, 0.5) is 8.78 Å². The molecule has 0 aliphatic carbocycles. The SMILES string of the molecule is O=C(Cc1ccc(F)cc1Cl)c1cc2cccc(F)c2o1. The van der Waals surface area contributed by atoms with Crippen molar-refractivity contribution in [3.63, 3.8) is 0 Å².